The number of aliphatic imine (C=N–C) groups is 1. The maximum absolute atomic E-state index is 10.4. The molecule has 1 N–H and O–H groups in total. The van der Waals surface area contributed by atoms with Crippen LogP contribution in [0, 0.1) is 0 Å². The molecule has 0 fully saturated rings. The lowest BCUT2D eigenvalue weighted by atomic mass is 10.2. The van der Waals surface area contributed by atoms with Crippen LogP contribution in [0.1, 0.15) is 18.4 Å². The lowest BCUT2D eigenvalue weighted by Gasteiger charge is -2.18. The summed E-state index contributed by atoms with van der Waals surface area (Å²) in [5, 5.41) is 0. The van der Waals surface area contributed by atoms with Gasteiger partial charge in [-0.15, -0.1) is 0 Å². The summed E-state index contributed by atoms with van der Waals surface area (Å²) in [6.45, 7) is 0.0777. The predicted octanol–water partition coefficient (Wildman–Crippen LogP) is 6.25. The fourth-order valence-corrected chi connectivity index (χ4v) is 4.27. The van der Waals surface area contributed by atoms with Crippen LogP contribution < -0.4 is 13.6 Å². The van der Waals surface area contributed by atoms with Gasteiger partial charge in [-0.2, -0.15) is 0 Å². The Morgan fingerprint density at radius 1 is 0.800 bits per heavy atom. The molecule has 0 aliphatic carbocycles. The second-order valence-corrected chi connectivity index (χ2v) is 8.78. The third-order valence-corrected chi connectivity index (χ3v) is 6.02. The Kier molecular flexibility index (Phi) is 9.56. The average molecular weight is 511 g/mol. The second-order valence-electron chi connectivity index (χ2n) is 6.87. The van der Waals surface area contributed by atoms with Crippen LogP contribution in [0.4, 0.5) is 0 Å². The van der Waals surface area contributed by atoms with Crippen molar-refractivity contribution in [2.45, 2.75) is 19.4 Å². The molecule has 2 aromatic heterocycles. The number of aromatic nitrogens is 2. The summed E-state index contributed by atoms with van der Waals surface area (Å²) >= 11 is 0. The van der Waals surface area contributed by atoms with Crippen molar-refractivity contribution in [1.82, 2.24) is 9.97 Å². The van der Waals surface area contributed by atoms with Crippen LogP contribution >= 0.6 is 17.2 Å². The van der Waals surface area contributed by atoms with Gasteiger partial charge in [-0.1, -0.05) is 42.5 Å². The largest absolute Gasteiger partial charge is 0.466 e. The van der Waals surface area contributed by atoms with E-state index in [1.54, 1.807) is 73.2 Å². The minimum absolute atomic E-state index is 0.0777. The average Bonchev–Trinajstić information content (AvgIpc) is 2.86. The Balaban J connectivity index is 1.41. The third kappa shape index (κ3) is 8.42. The molecule has 1 aliphatic rings. The van der Waals surface area contributed by atoms with Gasteiger partial charge in [0.25, 0.3) is 0 Å². The highest BCUT2D eigenvalue weighted by Crippen LogP contribution is 2.43. The summed E-state index contributed by atoms with van der Waals surface area (Å²) in [7, 11) is -4.16. The molecule has 4 rings (SSSR count). The molecule has 1 atom stereocenters. The molecule has 3 aromatic rings. The molecule has 0 saturated carbocycles. The second kappa shape index (κ2) is 13.5. The minimum atomic E-state index is -2.27. The van der Waals surface area contributed by atoms with Crippen molar-refractivity contribution in [2.75, 3.05) is 0 Å². The van der Waals surface area contributed by atoms with Gasteiger partial charge in [0.2, 0.25) is 17.6 Å². The standard InChI is InChI=1S/C24H23N3O6P2/c28-34(31-22-13-3-1-2-8-16-25-22)30-21-12-5-4-11-20(21)19-29-35(32-23-14-6-9-17-26-23)33-24-15-7-10-18-27-24/h1,3-7,9-18,28H,2,8,19H2/b3-1-,22-13+,25-16-. The van der Waals surface area contributed by atoms with E-state index < -0.39 is 17.2 Å². The fourth-order valence-electron chi connectivity index (χ4n) is 2.71. The normalized spacial score (nSPS) is 17.3. The molecule has 0 spiro atoms. The third-order valence-electron chi connectivity index (χ3n) is 4.31. The zero-order valence-corrected chi connectivity index (χ0v) is 20.4. The molecule has 0 saturated heterocycles. The first-order valence-corrected chi connectivity index (χ1v) is 12.9. The summed E-state index contributed by atoms with van der Waals surface area (Å²) in [5.41, 5.74) is 0.662. The molecule has 0 bridgehead atoms. The van der Waals surface area contributed by atoms with E-state index >= 15 is 0 Å². The van der Waals surface area contributed by atoms with Gasteiger partial charge in [0.05, 0.1) is 6.61 Å². The monoisotopic (exact) mass is 511 g/mol. The maximum Gasteiger partial charge on any atom is 0.466 e. The van der Waals surface area contributed by atoms with Gasteiger partial charge in [-0.05, 0) is 31.0 Å². The Morgan fingerprint density at radius 3 is 2.23 bits per heavy atom. The molecule has 9 nitrogen and oxygen atoms in total. The van der Waals surface area contributed by atoms with Crippen LogP contribution in [0.25, 0.3) is 0 Å². The van der Waals surface area contributed by atoms with Gasteiger partial charge < -0.3 is 23.0 Å². The molecule has 1 aliphatic heterocycles. The SMILES string of the molecule is OP(OC1=C/C=C\CC/C=N\1)Oc1ccccc1COP(Oc1ccccn1)Oc1ccccn1. The first-order chi connectivity index (χ1) is 17.3. The van der Waals surface area contributed by atoms with E-state index in [2.05, 4.69) is 15.0 Å². The quantitative estimate of drug-likeness (QED) is 0.301. The maximum atomic E-state index is 10.4. The number of nitrogens with zero attached hydrogens (tertiary/aromatic N) is 3. The number of hydrogen-bond donors (Lipinski definition) is 1. The summed E-state index contributed by atoms with van der Waals surface area (Å²) in [4.78, 5) is 22.9. The summed E-state index contributed by atoms with van der Waals surface area (Å²) in [5.74, 6) is 1.39. The number of para-hydroxylation sites is 1. The highest BCUT2D eigenvalue weighted by atomic mass is 31.2. The van der Waals surface area contributed by atoms with Gasteiger partial charge in [0.1, 0.15) is 5.75 Å². The van der Waals surface area contributed by atoms with Crippen molar-refractivity contribution in [2.24, 2.45) is 4.99 Å². The fraction of sp³-hybridized carbons (Fsp3) is 0.125. The number of rotatable bonds is 11. The van der Waals surface area contributed by atoms with Crippen LogP contribution in [-0.2, 0) is 15.7 Å². The first-order valence-electron chi connectivity index (χ1n) is 10.7. The van der Waals surface area contributed by atoms with Gasteiger partial charge in [-0.3, -0.25) is 4.52 Å². The Labute approximate surface area is 205 Å². The molecule has 0 radical (unpaired) electrons. The molecule has 3 heterocycles. The number of allylic oxidation sites excluding steroid dienone is 3. The summed E-state index contributed by atoms with van der Waals surface area (Å²) in [6, 6.07) is 17.7. The number of benzene rings is 1. The van der Waals surface area contributed by atoms with Crippen molar-refractivity contribution < 1.29 is 27.5 Å². The van der Waals surface area contributed by atoms with E-state index in [4.69, 9.17) is 22.6 Å². The molecule has 11 heteroatoms. The van der Waals surface area contributed by atoms with Crippen molar-refractivity contribution >= 4 is 23.4 Å². The van der Waals surface area contributed by atoms with Crippen molar-refractivity contribution in [1.29, 1.82) is 0 Å². The van der Waals surface area contributed by atoms with E-state index in [0.29, 0.717) is 23.1 Å². The highest BCUT2D eigenvalue weighted by molar-refractivity contribution is 7.42. The van der Waals surface area contributed by atoms with E-state index in [1.807, 2.05) is 24.3 Å². The lowest BCUT2D eigenvalue weighted by molar-refractivity contribution is 0.249. The summed E-state index contributed by atoms with van der Waals surface area (Å²) in [6.07, 6.45) is 12.2. The Bertz CT molecular complexity index is 1110. The lowest BCUT2D eigenvalue weighted by Crippen LogP contribution is -2.03. The highest BCUT2D eigenvalue weighted by Gasteiger charge is 2.21. The van der Waals surface area contributed by atoms with Crippen LogP contribution in [0.5, 0.6) is 17.5 Å². The van der Waals surface area contributed by atoms with Crippen molar-refractivity contribution in [3.63, 3.8) is 0 Å². The molecular formula is C24H23N3O6P2. The van der Waals surface area contributed by atoms with E-state index in [-0.39, 0.29) is 12.5 Å². The van der Waals surface area contributed by atoms with Crippen molar-refractivity contribution in [3.8, 4) is 17.5 Å². The predicted molar refractivity (Wildman–Crippen MR) is 134 cm³/mol. The Hall–Kier alpha value is -3.35. The zero-order chi connectivity index (χ0) is 24.1. The van der Waals surface area contributed by atoms with Crippen LogP contribution in [0.2, 0.25) is 0 Å². The summed E-state index contributed by atoms with van der Waals surface area (Å²) < 4.78 is 28.7. The topological polar surface area (TPSA) is 105 Å². The van der Waals surface area contributed by atoms with Crippen LogP contribution in [0.15, 0.2) is 102 Å². The van der Waals surface area contributed by atoms with Crippen LogP contribution in [0.3, 0.4) is 0 Å². The molecule has 1 aromatic carbocycles. The molecule has 180 valence electrons. The minimum Gasteiger partial charge on any atom is -0.417 e. The molecule has 1 unspecified atom stereocenters. The van der Waals surface area contributed by atoms with Crippen LogP contribution in [-0.4, -0.2) is 21.1 Å². The van der Waals surface area contributed by atoms with E-state index in [0.717, 1.165) is 12.8 Å². The molecule has 0 amide bonds. The van der Waals surface area contributed by atoms with Gasteiger partial charge in [-0.25, -0.2) is 15.0 Å². The number of pyridine rings is 2. The van der Waals surface area contributed by atoms with E-state index in [1.165, 1.54) is 0 Å². The van der Waals surface area contributed by atoms with Gasteiger partial charge in [0.15, 0.2) is 0 Å². The Morgan fingerprint density at radius 2 is 1.51 bits per heavy atom. The molecular weight excluding hydrogens is 488 g/mol. The van der Waals surface area contributed by atoms with Crippen molar-refractivity contribution in [3.05, 3.63) is 103 Å². The zero-order valence-electron chi connectivity index (χ0n) is 18.6. The molecule has 35 heavy (non-hydrogen) atoms. The number of hydrogen-bond acceptors (Lipinski definition) is 9. The van der Waals surface area contributed by atoms with Gasteiger partial charge >= 0.3 is 17.2 Å². The van der Waals surface area contributed by atoms with Gasteiger partial charge in [0, 0.05) is 42.4 Å². The van der Waals surface area contributed by atoms with E-state index in [9.17, 15) is 4.89 Å². The smallest absolute Gasteiger partial charge is 0.417 e. The first kappa shape index (κ1) is 24.8.